The van der Waals surface area contributed by atoms with Crippen molar-refractivity contribution >= 4 is 0 Å². The molecule has 0 amide bonds. The Balaban J connectivity index is 1.79. The first-order valence-corrected chi connectivity index (χ1v) is 7.64. The van der Waals surface area contributed by atoms with Gasteiger partial charge in [0, 0.05) is 12.1 Å². The molecule has 0 heterocycles. The molecular weight excluding hydrogens is 242 g/mol. The average molecular weight is 265 g/mol. The maximum Gasteiger partial charge on any atom is 0.0328 e. The van der Waals surface area contributed by atoms with Crippen LogP contribution in [-0.2, 0) is 6.42 Å². The van der Waals surface area contributed by atoms with E-state index in [4.69, 9.17) is 0 Å². The van der Waals surface area contributed by atoms with Crippen molar-refractivity contribution in [1.82, 2.24) is 5.32 Å². The molecule has 1 aliphatic rings. The second-order valence-corrected chi connectivity index (χ2v) is 5.95. The lowest BCUT2D eigenvalue weighted by Crippen LogP contribution is -2.27. The van der Waals surface area contributed by atoms with E-state index in [9.17, 15) is 0 Å². The van der Waals surface area contributed by atoms with Crippen LogP contribution in [0.4, 0.5) is 0 Å². The molecular formula is C19H23N. The van der Waals surface area contributed by atoms with Crippen molar-refractivity contribution in [3.63, 3.8) is 0 Å². The van der Waals surface area contributed by atoms with Gasteiger partial charge in [0.1, 0.15) is 0 Å². The summed E-state index contributed by atoms with van der Waals surface area (Å²) < 4.78 is 0. The van der Waals surface area contributed by atoms with E-state index < -0.39 is 0 Å². The number of hydrogen-bond donors (Lipinski definition) is 1. The molecule has 1 aliphatic carbocycles. The average Bonchev–Trinajstić information content (AvgIpc) is 2.47. The van der Waals surface area contributed by atoms with Crippen LogP contribution >= 0.6 is 0 Å². The van der Waals surface area contributed by atoms with Gasteiger partial charge in [-0.1, -0.05) is 54.1 Å². The van der Waals surface area contributed by atoms with Crippen LogP contribution < -0.4 is 5.32 Å². The highest BCUT2D eigenvalue weighted by Crippen LogP contribution is 2.31. The summed E-state index contributed by atoms with van der Waals surface area (Å²) in [7, 11) is 0. The van der Waals surface area contributed by atoms with Gasteiger partial charge in [-0.2, -0.15) is 0 Å². The van der Waals surface area contributed by atoms with E-state index in [1.54, 1.807) is 0 Å². The van der Waals surface area contributed by atoms with Gasteiger partial charge in [-0.25, -0.2) is 0 Å². The summed E-state index contributed by atoms with van der Waals surface area (Å²) >= 11 is 0. The van der Waals surface area contributed by atoms with E-state index in [0.717, 1.165) is 0 Å². The Morgan fingerprint density at radius 3 is 2.80 bits per heavy atom. The van der Waals surface area contributed by atoms with Crippen molar-refractivity contribution in [1.29, 1.82) is 0 Å². The minimum atomic E-state index is 0.394. The Kier molecular flexibility index (Phi) is 3.88. The second-order valence-electron chi connectivity index (χ2n) is 5.95. The largest absolute Gasteiger partial charge is 0.303 e. The lowest BCUT2D eigenvalue weighted by atomic mass is 9.87. The highest BCUT2D eigenvalue weighted by Gasteiger charge is 2.21. The third kappa shape index (κ3) is 2.78. The molecule has 1 unspecified atom stereocenters. The molecule has 0 bridgehead atoms. The zero-order valence-electron chi connectivity index (χ0n) is 12.4. The van der Waals surface area contributed by atoms with E-state index in [2.05, 4.69) is 67.7 Å². The quantitative estimate of drug-likeness (QED) is 0.846. The third-order valence-electron chi connectivity index (χ3n) is 4.36. The number of nitrogens with one attached hydrogen (secondary N) is 1. The van der Waals surface area contributed by atoms with Crippen LogP contribution in [0.15, 0.2) is 48.5 Å². The number of benzene rings is 2. The predicted molar refractivity (Wildman–Crippen MR) is 84.9 cm³/mol. The third-order valence-corrected chi connectivity index (χ3v) is 4.36. The Labute approximate surface area is 122 Å². The highest BCUT2D eigenvalue weighted by atomic mass is 14.9. The van der Waals surface area contributed by atoms with E-state index in [1.165, 1.54) is 41.5 Å². The number of hydrogen-bond acceptors (Lipinski definition) is 1. The molecule has 0 saturated heterocycles. The van der Waals surface area contributed by atoms with Gasteiger partial charge in [0.25, 0.3) is 0 Å². The summed E-state index contributed by atoms with van der Waals surface area (Å²) in [4.78, 5) is 0. The van der Waals surface area contributed by atoms with Crippen LogP contribution in [0, 0.1) is 6.92 Å². The molecule has 1 heteroatoms. The molecule has 1 nitrogen and oxygen atoms in total. The van der Waals surface area contributed by atoms with Gasteiger partial charge in [-0.15, -0.1) is 0 Å². The van der Waals surface area contributed by atoms with Crippen molar-refractivity contribution in [2.45, 2.75) is 45.2 Å². The van der Waals surface area contributed by atoms with Gasteiger partial charge in [0.2, 0.25) is 0 Å². The minimum Gasteiger partial charge on any atom is -0.303 e. The summed E-state index contributed by atoms with van der Waals surface area (Å²) in [6.07, 6.45) is 3.76. The van der Waals surface area contributed by atoms with Gasteiger partial charge in [0.15, 0.2) is 0 Å². The topological polar surface area (TPSA) is 12.0 Å². The summed E-state index contributed by atoms with van der Waals surface area (Å²) in [5.41, 5.74) is 5.74. The number of aryl methyl sites for hydroxylation is 2. The molecule has 104 valence electrons. The van der Waals surface area contributed by atoms with Crippen LogP contribution in [0.3, 0.4) is 0 Å². The fourth-order valence-electron chi connectivity index (χ4n) is 3.26. The zero-order chi connectivity index (χ0) is 13.9. The SMILES string of the molecule is Cc1cccc([C@@H](C)NC2CCCc3ccccc32)c1. The number of fused-ring (bicyclic) bond motifs is 1. The summed E-state index contributed by atoms with van der Waals surface area (Å²) in [5.74, 6) is 0. The Hall–Kier alpha value is -1.60. The molecule has 2 atom stereocenters. The summed E-state index contributed by atoms with van der Waals surface area (Å²) in [6.45, 7) is 4.43. The monoisotopic (exact) mass is 265 g/mol. The maximum absolute atomic E-state index is 3.82. The molecule has 2 aromatic rings. The lowest BCUT2D eigenvalue weighted by Gasteiger charge is -2.29. The first-order chi connectivity index (χ1) is 9.74. The van der Waals surface area contributed by atoms with E-state index in [1.807, 2.05) is 0 Å². The molecule has 0 aliphatic heterocycles. The van der Waals surface area contributed by atoms with E-state index in [-0.39, 0.29) is 0 Å². The molecule has 0 spiro atoms. The lowest BCUT2D eigenvalue weighted by molar-refractivity contribution is 0.415. The predicted octanol–water partition coefficient (Wildman–Crippen LogP) is 4.72. The fourth-order valence-corrected chi connectivity index (χ4v) is 3.26. The Morgan fingerprint density at radius 2 is 1.95 bits per heavy atom. The second kappa shape index (κ2) is 5.80. The van der Waals surface area contributed by atoms with Crippen molar-refractivity contribution < 1.29 is 0 Å². The van der Waals surface area contributed by atoms with Gasteiger partial charge < -0.3 is 5.32 Å². The normalized spacial score (nSPS) is 19.4. The molecule has 0 radical (unpaired) electrons. The van der Waals surface area contributed by atoms with Crippen LogP contribution in [0.25, 0.3) is 0 Å². The molecule has 3 rings (SSSR count). The van der Waals surface area contributed by atoms with Gasteiger partial charge in [0.05, 0.1) is 0 Å². The van der Waals surface area contributed by atoms with Crippen molar-refractivity contribution in [2.24, 2.45) is 0 Å². The molecule has 1 N–H and O–H groups in total. The highest BCUT2D eigenvalue weighted by molar-refractivity contribution is 5.33. The van der Waals surface area contributed by atoms with Gasteiger partial charge in [-0.05, 0) is 49.8 Å². The van der Waals surface area contributed by atoms with E-state index in [0.29, 0.717) is 12.1 Å². The van der Waals surface area contributed by atoms with E-state index >= 15 is 0 Å². The first-order valence-electron chi connectivity index (χ1n) is 7.64. The van der Waals surface area contributed by atoms with Gasteiger partial charge >= 0.3 is 0 Å². The molecule has 20 heavy (non-hydrogen) atoms. The van der Waals surface area contributed by atoms with Gasteiger partial charge in [-0.3, -0.25) is 0 Å². The zero-order valence-corrected chi connectivity index (χ0v) is 12.4. The van der Waals surface area contributed by atoms with Crippen LogP contribution in [0.2, 0.25) is 0 Å². The van der Waals surface area contributed by atoms with Crippen LogP contribution in [0.1, 0.15) is 54.1 Å². The smallest absolute Gasteiger partial charge is 0.0328 e. The standard InChI is InChI=1S/C19H23N/c1-14-7-5-10-17(13-14)15(2)20-19-12-6-9-16-8-3-4-11-18(16)19/h3-5,7-8,10-11,13,15,19-20H,6,9,12H2,1-2H3/t15-,19?/m1/s1. The Bertz CT molecular complexity index is 588. The molecule has 0 aromatic heterocycles. The molecule has 0 fully saturated rings. The summed E-state index contributed by atoms with van der Waals surface area (Å²) in [5, 5.41) is 3.82. The summed E-state index contributed by atoms with van der Waals surface area (Å²) in [6, 6.07) is 18.6. The Morgan fingerprint density at radius 1 is 1.10 bits per heavy atom. The first kappa shape index (κ1) is 13.4. The van der Waals surface area contributed by atoms with Crippen molar-refractivity contribution in [2.75, 3.05) is 0 Å². The number of rotatable bonds is 3. The van der Waals surface area contributed by atoms with Crippen LogP contribution in [-0.4, -0.2) is 0 Å². The van der Waals surface area contributed by atoms with Crippen molar-refractivity contribution in [3.8, 4) is 0 Å². The minimum absolute atomic E-state index is 0.394. The van der Waals surface area contributed by atoms with Crippen LogP contribution in [0.5, 0.6) is 0 Å². The van der Waals surface area contributed by atoms with Crippen molar-refractivity contribution in [3.05, 3.63) is 70.8 Å². The molecule has 0 saturated carbocycles. The molecule has 2 aromatic carbocycles. The maximum atomic E-state index is 3.82. The fraction of sp³-hybridized carbons (Fsp3) is 0.368.